The number of halogens is 1. The number of para-hydroxylation sites is 2. The molecule has 3 rings (SSSR count). The molecule has 0 radical (unpaired) electrons. The minimum absolute atomic E-state index is 0.278. The van der Waals surface area contributed by atoms with Gasteiger partial charge in [-0.25, -0.2) is 9.37 Å². The lowest BCUT2D eigenvalue weighted by Gasteiger charge is -2.10. The van der Waals surface area contributed by atoms with Gasteiger partial charge in [0, 0.05) is 5.56 Å². The van der Waals surface area contributed by atoms with Crippen LogP contribution < -0.4 is 0 Å². The van der Waals surface area contributed by atoms with Gasteiger partial charge in [0.05, 0.1) is 23.3 Å². The highest BCUT2D eigenvalue weighted by Gasteiger charge is 2.11. The highest BCUT2D eigenvalue weighted by Crippen LogP contribution is 2.22. The second-order valence-electron chi connectivity index (χ2n) is 4.00. The van der Waals surface area contributed by atoms with E-state index in [0.29, 0.717) is 5.69 Å². The summed E-state index contributed by atoms with van der Waals surface area (Å²) in [6.07, 6.45) is 1.64. The van der Waals surface area contributed by atoms with Crippen molar-refractivity contribution in [3.8, 4) is 5.69 Å². The van der Waals surface area contributed by atoms with E-state index in [1.165, 1.54) is 6.07 Å². The first-order valence-corrected chi connectivity index (χ1v) is 5.62. The van der Waals surface area contributed by atoms with Crippen LogP contribution in [-0.4, -0.2) is 14.7 Å². The smallest absolute Gasteiger partial charge is 0.130 e. The molecule has 0 fully saturated rings. The second kappa shape index (κ2) is 4.23. The Morgan fingerprint density at radius 2 is 1.94 bits per heavy atom. The molecule has 0 atom stereocenters. The fraction of sp³-hybridized carbons (Fsp3) is 0.0714. The molecule has 90 valence electrons. The van der Waals surface area contributed by atoms with Gasteiger partial charge in [0.25, 0.3) is 0 Å². The van der Waals surface area contributed by atoms with Crippen molar-refractivity contribution in [3.05, 3.63) is 60.2 Å². The second-order valence-corrected chi connectivity index (χ2v) is 4.00. The number of hydrogen-bond acceptors (Lipinski definition) is 2. The predicted molar refractivity (Wildman–Crippen MR) is 67.0 cm³/mol. The van der Waals surface area contributed by atoms with E-state index >= 15 is 0 Å². The number of imidazole rings is 1. The van der Waals surface area contributed by atoms with Gasteiger partial charge in [0.2, 0.25) is 0 Å². The minimum atomic E-state index is -0.409. The van der Waals surface area contributed by atoms with Gasteiger partial charge in [0.1, 0.15) is 12.1 Å². The fourth-order valence-corrected chi connectivity index (χ4v) is 2.08. The maximum Gasteiger partial charge on any atom is 0.130 e. The van der Waals surface area contributed by atoms with Crippen LogP contribution in [0.2, 0.25) is 0 Å². The molecule has 0 aliphatic carbocycles. The molecule has 0 aliphatic heterocycles. The number of benzene rings is 2. The largest absolute Gasteiger partial charge is 0.391 e. The summed E-state index contributed by atoms with van der Waals surface area (Å²) in [5.41, 5.74) is 2.62. The Labute approximate surface area is 103 Å². The first-order chi connectivity index (χ1) is 8.81. The zero-order valence-corrected chi connectivity index (χ0v) is 9.55. The third-order valence-electron chi connectivity index (χ3n) is 2.97. The zero-order chi connectivity index (χ0) is 12.5. The summed E-state index contributed by atoms with van der Waals surface area (Å²) in [5.74, 6) is -0.409. The van der Waals surface area contributed by atoms with Gasteiger partial charge in [-0.3, -0.25) is 4.57 Å². The van der Waals surface area contributed by atoms with E-state index < -0.39 is 5.82 Å². The Hall–Kier alpha value is -2.20. The molecule has 3 nitrogen and oxygen atoms in total. The van der Waals surface area contributed by atoms with Crippen LogP contribution in [0.4, 0.5) is 4.39 Å². The average Bonchev–Trinajstić information content (AvgIpc) is 2.82. The summed E-state index contributed by atoms with van der Waals surface area (Å²) >= 11 is 0. The summed E-state index contributed by atoms with van der Waals surface area (Å²) in [5, 5.41) is 9.30. The van der Waals surface area contributed by atoms with Gasteiger partial charge < -0.3 is 5.11 Å². The zero-order valence-electron chi connectivity index (χ0n) is 9.55. The molecule has 18 heavy (non-hydrogen) atoms. The molecule has 0 spiro atoms. The van der Waals surface area contributed by atoms with Gasteiger partial charge in [-0.15, -0.1) is 0 Å². The number of hydrogen-bond donors (Lipinski definition) is 1. The van der Waals surface area contributed by atoms with Crippen LogP contribution in [0.15, 0.2) is 48.8 Å². The van der Waals surface area contributed by atoms with Gasteiger partial charge in [-0.05, 0) is 24.3 Å². The van der Waals surface area contributed by atoms with Crippen molar-refractivity contribution < 1.29 is 9.50 Å². The topological polar surface area (TPSA) is 38.0 Å². The van der Waals surface area contributed by atoms with Crippen LogP contribution in [0, 0.1) is 5.82 Å². The molecule has 0 saturated carbocycles. The third kappa shape index (κ3) is 1.58. The van der Waals surface area contributed by atoms with Crippen molar-refractivity contribution in [1.29, 1.82) is 0 Å². The van der Waals surface area contributed by atoms with Crippen molar-refractivity contribution in [2.45, 2.75) is 6.61 Å². The first-order valence-electron chi connectivity index (χ1n) is 5.62. The Kier molecular flexibility index (Phi) is 2.57. The van der Waals surface area contributed by atoms with Crippen LogP contribution in [0.25, 0.3) is 16.7 Å². The van der Waals surface area contributed by atoms with Crippen molar-refractivity contribution >= 4 is 11.0 Å². The number of fused-ring (bicyclic) bond motifs is 1. The quantitative estimate of drug-likeness (QED) is 0.750. The van der Waals surface area contributed by atoms with Crippen LogP contribution in [-0.2, 0) is 6.61 Å². The van der Waals surface area contributed by atoms with Gasteiger partial charge in [-0.2, -0.15) is 0 Å². The van der Waals surface area contributed by atoms with E-state index in [1.807, 2.05) is 24.3 Å². The molecular weight excluding hydrogens is 231 g/mol. The Balaban J connectivity index is 2.30. The Morgan fingerprint density at radius 1 is 1.11 bits per heavy atom. The molecule has 0 saturated heterocycles. The average molecular weight is 242 g/mol. The van der Waals surface area contributed by atoms with E-state index in [2.05, 4.69) is 4.98 Å². The predicted octanol–water partition coefficient (Wildman–Crippen LogP) is 2.66. The van der Waals surface area contributed by atoms with E-state index in [-0.39, 0.29) is 12.2 Å². The molecule has 1 heterocycles. The number of aliphatic hydroxyl groups excluding tert-OH is 1. The van der Waals surface area contributed by atoms with E-state index in [4.69, 9.17) is 0 Å². The third-order valence-corrected chi connectivity index (χ3v) is 2.97. The Morgan fingerprint density at radius 3 is 2.78 bits per heavy atom. The van der Waals surface area contributed by atoms with Crippen LogP contribution in [0.1, 0.15) is 5.56 Å². The lowest BCUT2D eigenvalue weighted by atomic mass is 10.1. The fourth-order valence-electron chi connectivity index (χ4n) is 2.08. The number of aliphatic hydroxyl groups is 1. The van der Waals surface area contributed by atoms with E-state index in [9.17, 15) is 9.50 Å². The van der Waals surface area contributed by atoms with Gasteiger partial charge in [-0.1, -0.05) is 18.2 Å². The SMILES string of the molecule is OCc1c(F)cccc1-n1cnc2ccccc21. The summed E-state index contributed by atoms with van der Waals surface area (Å²) < 4.78 is 15.4. The van der Waals surface area contributed by atoms with E-state index in [1.54, 1.807) is 23.0 Å². The van der Waals surface area contributed by atoms with Crippen LogP contribution >= 0.6 is 0 Å². The molecule has 0 aliphatic rings. The van der Waals surface area contributed by atoms with Gasteiger partial charge >= 0.3 is 0 Å². The van der Waals surface area contributed by atoms with Gasteiger partial charge in [0.15, 0.2) is 0 Å². The van der Waals surface area contributed by atoms with Crippen LogP contribution in [0.3, 0.4) is 0 Å². The molecule has 3 aromatic rings. The summed E-state index contributed by atoms with van der Waals surface area (Å²) in [6, 6.07) is 12.3. The van der Waals surface area contributed by atoms with Crippen molar-refractivity contribution in [1.82, 2.24) is 9.55 Å². The lowest BCUT2D eigenvalue weighted by molar-refractivity contribution is 0.275. The molecule has 2 aromatic carbocycles. The number of nitrogens with zero attached hydrogens (tertiary/aromatic N) is 2. The molecular formula is C14H11FN2O. The summed E-state index contributed by atoms with van der Waals surface area (Å²) in [6.45, 7) is -0.339. The molecule has 1 N–H and O–H groups in total. The minimum Gasteiger partial charge on any atom is -0.391 e. The summed E-state index contributed by atoms with van der Waals surface area (Å²) in [4.78, 5) is 4.26. The normalized spacial score (nSPS) is 11.0. The number of aromatic nitrogens is 2. The molecule has 0 amide bonds. The van der Waals surface area contributed by atoms with Crippen molar-refractivity contribution in [2.24, 2.45) is 0 Å². The first kappa shape index (κ1) is 10.9. The highest BCUT2D eigenvalue weighted by molar-refractivity contribution is 5.77. The van der Waals surface area contributed by atoms with E-state index in [0.717, 1.165) is 11.0 Å². The Bertz CT molecular complexity index is 706. The molecule has 1 aromatic heterocycles. The monoisotopic (exact) mass is 242 g/mol. The van der Waals surface area contributed by atoms with Crippen molar-refractivity contribution in [3.63, 3.8) is 0 Å². The maximum atomic E-state index is 13.6. The summed E-state index contributed by atoms with van der Waals surface area (Å²) in [7, 11) is 0. The molecule has 0 bridgehead atoms. The lowest BCUT2D eigenvalue weighted by Crippen LogP contribution is -2.01. The van der Waals surface area contributed by atoms with Crippen LogP contribution in [0.5, 0.6) is 0 Å². The number of rotatable bonds is 2. The molecule has 0 unspecified atom stereocenters. The highest BCUT2D eigenvalue weighted by atomic mass is 19.1. The standard InChI is InChI=1S/C14H11FN2O/c15-11-4-3-7-13(10(11)8-18)17-9-16-12-5-1-2-6-14(12)17/h1-7,9,18H,8H2. The maximum absolute atomic E-state index is 13.6. The molecule has 4 heteroatoms. The van der Waals surface area contributed by atoms with Crippen molar-refractivity contribution in [2.75, 3.05) is 0 Å².